The summed E-state index contributed by atoms with van der Waals surface area (Å²) in [6.45, 7) is 1.10. The third-order valence-electron chi connectivity index (χ3n) is 3.95. The number of alkyl halides is 3. The van der Waals surface area contributed by atoms with Crippen LogP contribution in [0.15, 0.2) is 42.5 Å². The zero-order chi connectivity index (χ0) is 21.8. The van der Waals surface area contributed by atoms with E-state index in [9.17, 15) is 38.0 Å². The van der Waals surface area contributed by atoms with Crippen molar-refractivity contribution in [2.75, 3.05) is 11.9 Å². The number of nitrogens with one attached hydrogen (secondary N) is 2. The summed E-state index contributed by atoms with van der Waals surface area (Å²) in [5, 5.41) is 25.1. The standard InChI is InChI=1S/C18H16F3N3O5/c1-10-8-13(24(28)29)6-7-14(10)23-17(27)16(26)22-9-15(25)11-2-4-12(5-3-11)18(19,20)21/h2-8,15,25H,9H2,1H3,(H,22,26)(H,23,27). The summed E-state index contributed by atoms with van der Waals surface area (Å²) < 4.78 is 37.6. The van der Waals surface area contributed by atoms with Crippen LogP contribution >= 0.6 is 0 Å². The fourth-order valence-electron chi connectivity index (χ4n) is 2.36. The maximum absolute atomic E-state index is 12.5. The van der Waals surface area contributed by atoms with Crippen molar-refractivity contribution in [2.24, 2.45) is 0 Å². The number of hydrogen-bond donors (Lipinski definition) is 3. The van der Waals surface area contributed by atoms with Gasteiger partial charge >= 0.3 is 18.0 Å². The van der Waals surface area contributed by atoms with Crippen molar-refractivity contribution >= 4 is 23.2 Å². The normalized spacial score (nSPS) is 12.2. The highest BCUT2D eigenvalue weighted by atomic mass is 19.4. The quantitative estimate of drug-likeness (QED) is 0.397. The van der Waals surface area contributed by atoms with E-state index in [1.807, 2.05) is 0 Å². The van der Waals surface area contributed by atoms with Crippen LogP contribution in [0.3, 0.4) is 0 Å². The summed E-state index contributed by atoms with van der Waals surface area (Å²) in [7, 11) is 0. The van der Waals surface area contributed by atoms with E-state index in [4.69, 9.17) is 0 Å². The number of carbonyl (C=O) groups is 2. The van der Waals surface area contributed by atoms with Crippen molar-refractivity contribution in [3.63, 3.8) is 0 Å². The minimum Gasteiger partial charge on any atom is -0.387 e. The molecule has 29 heavy (non-hydrogen) atoms. The van der Waals surface area contributed by atoms with Crippen LogP contribution in [-0.2, 0) is 15.8 Å². The molecule has 2 rings (SSSR count). The molecule has 2 aromatic carbocycles. The Morgan fingerprint density at radius 2 is 1.76 bits per heavy atom. The van der Waals surface area contributed by atoms with Crippen molar-refractivity contribution in [3.05, 3.63) is 69.3 Å². The van der Waals surface area contributed by atoms with Gasteiger partial charge in [0, 0.05) is 24.4 Å². The van der Waals surface area contributed by atoms with Gasteiger partial charge in [-0.1, -0.05) is 12.1 Å². The van der Waals surface area contributed by atoms with Crippen molar-refractivity contribution in [2.45, 2.75) is 19.2 Å². The Morgan fingerprint density at radius 1 is 1.14 bits per heavy atom. The second kappa shape index (κ2) is 8.69. The Balaban J connectivity index is 1.93. The van der Waals surface area contributed by atoms with Gasteiger partial charge in [-0.2, -0.15) is 13.2 Å². The molecule has 11 heteroatoms. The Labute approximate surface area is 162 Å². The molecule has 0 fully saturated rings. The van der Waals surface area contributed by atoms with Gasteiger partial charge in [-0.25, -0.2) is 0 Å². The Bertz CT molecular complexity index is 929. The number of nitrogens with zero attached hydrogens (tertiary/aromatic N) is 1. The first-order valence-corrected chi connectivity index (χ1v) is 8.18. The van der Waals surface area contributed by atoms with Crippen LogP contribution in [0.5, 0.6) is 0 Å². The topological polar surface area (TPSA) is 122 Å². The Hall–Kier alpha value is -3.47. The molecule has 1 unspecified atom stereocenters. The first kappa shape index (κ1) is 21.8. The molecule has 0 spiro atoms. The maximum Gasteiger partial charge on any atom is 0.416 e. The van der Waals surface area contributed by atoms with Crippen LogP contribution in [0.2, 0.25) is 0 Å². The molecule has 0 radical (unpaired) electrons. The molecule has 8 nitrogen and oxygen atoms in total. The number of aryl methyl sites for hydroxylation is 1. The molecule has 0 aromatic heterocycles. The third kappa shape index (κ3) is 5.75. The molecule has 1 atom stereocenters. The fraction of sp³-hybridized carbons (Fsp3) is 0.222. The lowest BCUT2D eigenvalue weighted by Gasteiger charge is -2.14. The van der Waals surface area contributed by atoms with Gasteiger partial charge in [0.15, 0.2) is 0 Å². The number of aliphatic hydroxyl groups excluding tert-OH is 1. The molecular weight excluding hydrogens is 395 g/mol. The van der Waals surface area contributed by atoms with Gasteiger partial charge in [0.05, 0.1) is 16.6 Å². The second-order valence-corrected chi connectivity index (χ2v) is 6.06. The van der Waals surface area contributed by atoms with Crippen LogP contribution in [0.4, 0.5) is 24.5 Å². The average Bonchev–Trinajstić information content (AvgIpc) is 2.66. The lowest BCUT2D eigenvalue weighted by molar-refractivity contribution is -0.384. The van der Waals surface area contributed by atoms with Crippen molar-refractivity contribution in [1.82, 2.24) is 5.32 Å². The van der Waals surface area contributed by atoms with Crippen LogP contribution in [0.25, 0.3) is 0 Å². The van der Waals surface area contributed by atoms with Gasteiger partial charge in [-0.3, -0.25) is 19.7 Å². The molecule has 2 aromatic rings. The Morgan fingerprint density at radius 3 is 2.28 bits per heavy atom. The van der Waals surface area contributed by atoms with E-state index >= 15 is 0 Å². The molecule has 0 saturated carbocycles. The van der Waals surface area contributed by atoms with E-state index < -0.39 is 41.1 Å². The highest BCUT2D eigenvalue weighted by Gasteiger charge is 2.30. The summed E-state index contributed by atoms with van der Waals surface area (Å²) in [5.41, 5.74) is -0.367. The van der Waals surface area contributed by atoms with Crippen LogP contribution in [-0.4, -0.2) is 28.4 Å². The number of nitro benzene ring substituents is 1. The third-order valence-corrected chi connectivity index (χ3v) is 3.95. The lowest BCUT2D eigenvalue weighted by Crippen LogP contribution is -2.37. The van der Waals surface area contributed by atoms with Crippen LogP contribution in [0.1, 0.15) is 22.8 Å². The number of aliphatic hydroxyl groups is 1. The van der Waals surface area contributed by atoms with E-state index in [0.717, 1.165) is 30.3 Å². The van der Waals surface area contributed by atoms with Crippen molar-refractivity contribution < 1.29 is 32.8 Å². The fourth-order valence-corrected chi connectivity index (χ4v) is 2.36. The summed E-state index contributed by atoms with van der Waals surface area (Å²) in [5.74, 6) is -2.16. The van der Waals surface area contributed by atoms with E-state index in [1.54, 1.807) is 0 Å². The van der Waals surface area contributed by atoms with Gasteiger partial charge in [0.1, 0.15) is 0 Å². The van der Waals surface area contributed by atoms with Gasteiger partial charge in [0.2, 0.25) is 0 Å². The van der Waals surface area contributed by atoms with Gasteiger partial charge in [-0.05, 0) is 36.2 Å². The van der Waals surface area contributed by atoms with Crippen LogP contribution in [0, 0.1) is 17.0 Å². The number of non-ortho nitro benzene ring substituents is 1. The maximum atomic E-state index is 12.5. The predicted octanol–water partition coefficient (Wildman–Crippen LogP) is 2.71. The first-order chi connectivity index (χ1) is 13.5. The molecule has 0 aliphatic heterocycles. The van der Waals surface area contributed by atoms with Crippen LogP contribution < -0.4 is 10.6 Å². The number of amides is 2. The van der Waals surface area contributed by atoms with E-state index in [1.165, 1.54) is 19.1 Å². The van der Waals surface area contributed by atoms with Crippen molar-refractivity contribution in [1.29, 1.82) is 0 Å². The highest BCUT2D eigenvalue weighted by Crippen LogP contribution is 2.29. The minimum absolute atomic E-state index is 0.130. The number of halogens is 3. The SMILES string of the molecule is Cc1cc([N+](=O)[O-])ccc1NC(=O)C(=O)NCC(O)c1ccc(C(F)(F)F)cc1. The molecule has 0 aliphatic carbocycles. The molecule has 0 heterocycles. The summed E-state index contributed by atoms with van der Waals surface area (Å²) in [6.07, 6.45) is -5.83. The lowest BCUT2D eigenvalue weighted by atomic mass is 10.1. The average molecular weight is 411 g/mol. The summed E-state index contributed by atoms with van der Waals surface area (Å²) in [6, 6.07) is 7.39. The smallest absolute Gasteiger partial charge is 0.387 e. The molecule has 2 amide bonds. The number of anilines is 1. The molecule has 3 N–H and O–H groups in total. The monoisotopic (exact) mass is 411 g/mol. The number of rotatable bonds is 5. The van der Waals surface area contributed by atoms with Gasteiger partial charge in [-0.15, -0.1) is 0 Å². The Kier molecular flexibility index (Phi) is 6.54. The van der Waals surface area contributed by atoms with Crippen molar-refractivity contribution in [3.8, 4) is 0 Å². The summed E-state index contributed by atoms with van der Waals surface area (Å²) >= 11 is 0. The van der Waals surface area contributed by atoms with E-state index in [0.29, 0.717) is 5.56 Å². The first-order valence-electron chi connectivity index (χ1n) is 8.18. The van der Waals surface area contributed by atoms with E-state index in [2.05, 4.69) is 10.6 Å². The largest absolute Gasteiger partial charge is 0.416 e. The predicted molar refractivity (Wildman–Crippen MR) is 95.9 cm³/mol. The summed E-state index contributed by atoms with van der Waals surface area (Å²) in [4.78, 5) is 33.9. The molecule has 0 bridgehead atoms. The zero-order valence-corrected chi connectivity index (χ0v) is 15.0. The molecular formula is C18H16F3N3O5. The number of nitro groups is 1. The van der Waals surface area contributed by atoms with E-state index in [-0.39, 0.29) is 16.9 Å². The molecule has 0 aliphatic rings. The number of hydrogen-bond acceptors (Lipinski definition) is 5. The zero-order valence-electron chi connectivity index (χ0n) is 15.0. The second-order valence-electron chi connectivity index (χ2n) is 6.06. The minimum atomic E-state index is -4.51. The number of carbonyl (C=O) groups excluding carboxylic acids is 2. The molecule has 154 valence electrons. The highest BCUT2D eigenvalue weighted by molar-refractivity contribution is 6.39. The molecule has 0 saturated heterocycles. The van der Waals surface area contributed by atoms with Gasteiger partial charge in [0.25, 0.3) is 5.69 Å². The number of benzene rings is 2. The van der Waals surface area contributed by atoms with Gasteiger partial charge < -0.3 is 15.7 Å².